The number of hydrogen-bond donors (Lipinski definition) is 1. The molecule has 1 N–H and O–H groups in total. The van der Waals surface area contributed by atoms with Gasteiger partial charge in [-0.1, -0.05) is 19.1 Å². The fourth-order valence-corrected chi connectivity index (χ4v) is 3.10. The predicted octanol–water partition coefficient (Wildman–Crippen LogP) is 3.83. The number of anilines is 1. The number of urea groups is 1. The second-order valence-corrected chi connectivity index (χ2v) is 6.44. The van der Waals surface area contributed by atoms with Crippen molar-refractivity contribution in [3.05, 3.63) is 70.3 Å². The molecule has 0 fully saturated rings. The molecule has 0 bridgehead atoms. The summed E-state index contributed by atoms with van der Waals surface area (Å²) >= 11 is 0. The Kier molecular flexibility index (Phi) is 5.39. The van der Waals surface area contributed by atoms with Gasteiger partial charge in [0.2, 0.25) is 0 Å². The maximum atomic E-state index is 13.8. The molecular formula is C20H20F2N4O2. The number of nitrogens with one attached hydrogen (secondary N) is 1. The Balaban J connectivity index is 1.94. The van der Waals surface area contributed by atoms with Gasteiger partial charge in [-0.3, -0.25) is 9.36 Å². The van der Waals surface area contributed by atoms with Gasteiger partial charge in [0.05, 0.1) is 22.6 Å². The topological polar surface area (TPSA) is 67.2 Å². The molecule has 1 atom stereocenters. The lowest BCUT2D eigenvalue weighted by Gasteiger charge is -2.28. The first-order chi connectivity index (χ1) is 13.3. The lowest BCUT2D eigenvalue weighted by atomic mass is 10.1. The Morgan fingerprint density at radius 1 is 1.25 bits per heavy atom. The van der Waals surface area contributed by atoms with Crippen LogP contribution in [0.1, 0.15) is 25.2 Å². The molecule has 0 spiro atoms. The maximum Gasteiger partial charge on any atom is 0.322 e. The zero-order chi connectivity index (χ0) is 20.4. The first-order valence-corrected chi connectivity index (χ1v) is 8.78. The number of aromatic nitrogens is 2. The number of fused-ring (bicyclic) bond motifs is 1. The molecule has 0 radical (unpaired) electrons. The summed E-state index contributed by atoms with van der Waals surface area (Å²) in [5.74, 6) is -1.18. The monoisotopic (exact) mass is 386 g/mol. The average Bonchev–Trinajstić information content (AvgIpc) is 2.68. The molecule has 2 amide bonds. The first-order valence-electron chi connectivity index (χ1n) is 8.78. The molecule has 2 aromatic carbocycles. The molecule has 0 saturated heterocycles. The molecule has 1 heterocycles. The van der Waals surface area contributed by atoms with Crippen molar-refractivity contribution in [2.45, 2.75) is 19.4 Å². The number of para-hydroxylation sites is 1. The molecule has 146 valence electrons. The van der Waals surface area contributed by atoms with Gasteiger partial charge in [-0.2, -0.15) is 0 Å². The largest absolute Gasteiger partial charge is 0.322 e. The number of carbonyl (C=O) groups is 1. The molecule has 0 aliphatic rings. The highest BCUT2D eigenvalue weighted by Crippen LogP contribution is 2.23. The van der Waals surface area contributed by atoms with Gasteiger partial charge in [0.15, 0.2) is 0 Å². The van der Waals surface area contributed by atoms with Crippen molar-refractivity contribution in [2.24, 2.45) is 7.05 Å². The second kappa shape index (κ2) is 7.75. The molecule has 3 aromatic rings. The molecular weight excluding hydrogens is 366 g/mol. The van der Waals surface area contributed by atoms with Crippen molar-refractivity contribution in [2.75, 3.05) is 12.4 Å². The Labute approximate surface area is 160 Å². The summed E-state index contributed by atoms with van der Waals surface area (Å²) in [6, 6.07) is 8.77. The van der Waals surface area contributed by atoms with E-state index in [0.29, 0.717) is 29.2 Å². The van der Waals surface area contributed by atoms with Crippen molar-refractivity contribution < 1.29 is 13.6 Å². The van der Waals surface area contributed by atoms with E-state index >= 15 is 0 Å². The van der Waals surface area contributed by atoms with E-state index in [4.69, 9.17) is 0 Å². The standard InChI is InChI=1S/C20H20F2N4O2/c1-4-17(18-23-15-8-6-5-7-13(15)19(27)26(18)3)25(2)20(28)24-16-10-9-12(21)11-14(16)22/h5-11,17H,4H2,1-3H3,(H,24,28)/t17-/m1/s1. The average molecular weight is 386 g/mol. The van der Waals surface area contributed by atoms with Gasteiger partial charge >= 0.3 is 6.03 Å². The van der Waals surface area contributed by atoms with Crippen LogP contribution < -0.4 is 10.9 Å². The van der Waals surface area contributed by atoms with Crippen LogP contribution >= 0.6 is 0 Å². The van der Waals surface area contributed by atoms with Gasteiger partial charge in [-0.05, 0) is 30.7 Å². The minimum Gasteiger partial charge on any atom is -0.317 e. The number of carbonyl (C=O) groups excluding carboxylic acids is 1. The van der Waals surface area contributed by atoms with Crippen molar-refractivity contribution in [3.63, 3.8) is 0 Å². The summed E-state index contributed by atoms with van der Waals surface area (Å²) in [6.45, 7) is 1.86. The van der Waals surface area contributed by atoms with Gasteiger partial charge in [-0.25, -0.2) is 18.6 Å². The number of amides is 2. The van der Waals surface area contributed by atoms with Crippen LogP contribution in [0.3, 0.4) is 0 Å². The fourth-order valence-electron chi connectivity index (χ4n) is 3.10. The Hall–Kier alpha value is -3.29. The highest BCUT2D eigenvalue weighted by molar-refractivity contribution is 5.89. The summed E-state index contributed by atoms with van der Waals surface area (Å²) in [4.78, 5) is 31.2. The Bertz CT molecular complexity index is 1100. The van der Waals surface area contributed by atoms with Crippen LogP contribution in [0.25, 0.3) is 10.9 Å². The van der Waals surface area contributed by atoms with E-state index in [1.807, 2.05) is 6.92 Å². The number of hydrogen-bond acceptors (Lipinski definition) is 3. The van der Waals surface area contributed by atoms with E-state index in [9.17, 15) is 18.4 Å². The lowest BCUT2D eigenvalue weighted by Crippen LogP contribution is -2.38. The zero-order valence-corrected chi connectivity index (χ0v) is 15.7. The van der Waals surface area contributed by atoms with Crippen LogP contribution in [-0.2, 0) is 7.05 Å². The van der Waals surface area contributed by atoms with E-state index in [0.717, 1.165) is 12.1 Å². The smallest absolute Gasteiger partial charge is 0.317 e. The Morgan fingerprint density at radius 3 is 2.64 bits per heavy atom. The van der Waals surface area contributed by atoms with Crippen LogP contribution in [-0.4, -0.2) is 27.5 Å². The summed E-state index contributed by atoms with van der Waals surface area (Å²) in [6.07, 6.45) is 0.481. The molecule has 0 saturated carbocycles. The van der Waals surface area contributed by atoms with Crippen LogP contribution in [0, 0.1) is 11.6 Å². The molecule has 0 unspecified atom stereocenters. The molecule has 0 aliphatic heterocycles. The third-order valence-electron chi connectivity index (χ3n) is 4.66. The zero-order valence-electron chi connectivity index (χ0n) is 15.7. The predicted molar refractivity (Wildman–Crippen MR) is 103 cm³/mol. The van der Waals surface area contributed by atoms with Crippen LogP contribution in [0.15, 0.2) is 47.3 Å². The van der Waals surface area contributed by atoms with Gasteiger partial charge in [-0.15, -0.1) is 0 Å². The Morgan fingerprint density at radius 2 is 1.96 bits per heavy atom. The van der Waals surface area contributed by atoms with Crippen molar-refractivity contribution >= 4 is 22.6 Å². The van der Waals surface area contributed by atoms with Gasteiger partial charge in [0.1, 0.15) is 17.5 Å². The maximum absolute atomic E-state index is 13.8. The highest BCUT2D eigenvalue weighted by atomic mass is 19.1. The molecule has 1 aromatic heterocycles. The minimum absolute atomic E-state index is 0.131. The molecule has 8 heteroatoms. The summed E-state index contributed by atoms with van der Waals surface area (Å²) in [7, 11) is 3.14. The quantitative estimate of drug-likeness (QED) is 0.741. The van der Waals surface area contributed by atoms with Gasteiger partial charge in [0.25, 0.3) is 5.56 Å². The SMILES string of the molecule is CC[C@H](c1nc2ccccc2c(=O)n1C)N(C)C(=O)Nc1ccc(F)cc1F. The van der Waals surface area contributed by atoms with Crippen LogP contribution in [0.4, 0.5) is 19.3 Å². The second-order valence-electron chi connectivity index (χ2n) is 6.44. The van der Waals surface area contributed by atoms with Crippen molar-refractivity contribution in [3.8, 4) is 0 Å². The summed E-state index contributed by atoms with van der Waals surface area (Å²) in [5.41, 5.74) is 0.198. The molecule has 6 nitrogen and oxygen atoms in total. The molecule has 28 heavy (non-hydrogen) atoms. The van der Waals surface area contributed by atoms with Gasteiger partial charge in [0, 0.05) is 20.2 Å². The molecule has 3 rings (SSSR count). The number of benzene rings is 2. The highest BCUT2D eigenvalue weighted by Gasteiger charge is 2.25. The van der Waals surface area contributed by atoms with E-state index in [1.54, 1.807) is 31.3 Å². The number of rotatable bonds is 4. The fraction of sp³-hybridized carbons (Fsp3) is 0.250. The summed E-state index contributed by atoms with van der Waals surface area (Å²) < 4.78 is 28.3. The van der Waals surface area contributed by atoms with Crippen molar-refractivity contribution in [1.29, 1.82) is 0 Å². The van der Waals surface area contributed by atoms with Gasteiger partial charge < -0.3 is 10.2 Å². The number of halogens is 2. The van der Waals surface area contributed by atoms with Crippen LogP contribution in [0.2, 0.25) is 0 Å². The number of nitrogens with zero attached hydrogens (tertiary/aromatic N) is 3. The van der Waals surface area contributed by atoms with E-state index < -0.39 is 23.7 Å². The van der Waals surface area contributed by atoms with E-state index in [1.165, 1.54) is 16.5 Å². The summed E-state index contributed by atoms with van der Waals surface area (Å²) in [5, 5.41) is 2.91. The van der Waals surface area contributed by atoms with Crippen LogP contribution in [0.5, 0.6) is 0 Å². The van der Waals surface area contributed by atoms with E-state index in [-0.39, 0.29) is 11.2 Å². The first kappa shape index (κ1) is 19.5. The third kappa shape index (κ3) is 3.58. The molecule has 0 aliphatic carbocycles. The third-order valence-corrected chi connectivity index (χ3v) is 4.66. The van der Waals surface area contributed by atoms with Crippen molar-refractivity contribution in [1.82, 2.24) is 14.5 Å². The van der Waals surface area contributed by atoms with E-state index in [2.05, 4.69) is 10.3 Å². The lowest BCUT2D eigenvalue weighted by molar-refractivity contribution is 0.198. The minimum atomic E-state index is -0.869. The normalized spacial score (nSPS) is 12.0.